The van der Waals surface area contributed by atoms with Gasteiger partial charge in [0.25, 0.3) is 0 Å². The summed E-state index contributed by atoms with van der Waals surface area (Å²) < 4.78 is 0. The van der Waals surface area contributed by atoms with Crippen molar-refractivity contribution in [1.82, 2.24) is 10.2 Å². The van der Waals surface area contributed by atoms with E-state index in [-0.39, 0.29) is 0 Å². The van der Waals surface area contributed by atoms with Crippen molar-refractivity contribution in [2.45, 2.75) is 51.7 Å². The first-order valence-electron chi connectivity index (χ1n) is 8.58. The molecular weight excluding hydrogens is 258 g/mol. The molecule has 21 heavy (non-hydrogen) atoms. The molecule has 0 bridgehead atoms. The standard InChI is InChI=1S/C18H29N3/c1-3-15(2)20-10-12-21(13-11-20)18-7-5-4-6-16(18)14-19-17-8-9-17/h4-7,15,17,19H,3,8-14H2,1-2H3. The second-order valence-electron chi connectivity index (χ2n) is 6.56. The van der Waals surface area contributed by atoms with E-state index in [1.54, 1.807) is 0 Å². The Morgan fingerprint density at radius 2 is 1.86 bits per heavy atom. The lowest BCUT2D eigenvalue weighted by molar-refractivity contribution is 0.192. The largest absolute Gasteiger partial charge is 0.369 e. The molecule has 1 aliphatic carbocycles. The zero-order valence-electron chi connectivity index (χ0n) is 13.5. The molecule has 3 rings (SSSR count). The average molecular weight is 287 g/mol. The van der Waals surface area contributed by atoms with E-state index in [1.807, 2.05) is 0 Å². The predicted molar refractivity (Wildman–Crippen MR) is 89.8 cm³/mol. The highest BCUT2D eigenvalue weighted by Crippen LogP contribution is 2.25. The summed E-state index contributed by atoms with van der Waals surface area (Å²) in [6.07, 6.45) is 3.97. The molecule has 1 atom stereocenters. The Morgan fingerprint density at radius 1 is 1.14 bits per heavy atom. The molecule has 1 aromatic rings. The van der Waals surface area contributed by atoms with Crippen molar-refractivity contribution in [3.8, 4) is 0 Å². The van der Waals surface area contributed by atoms with E-state index in [4.69, 9.17) is 0 Å². The summed E-state index contributed by atoms with van der Waals surface area (Å²) in [5.41, 5.74) is 2.90. The molecule has 1 N–H and O–H groups in total. The Balaban J connectivity index is 1.61. The van der Waals surface area contributed by atoms with E-state index >= 15 is 0 Å². The molecule has 3 nitrogen and oxygen atoms in total. The smallest absolute Gasteiger partial charge is 0.0412 e. The van der Waals surface area contributed by atoms with Crippen molar-refractivity contribution in [1.29, 1.82) is 0 Å². The number of nitrogens with one attached hydrogen (secondary N) is 1. The Labute approximate surface area is 129 Å². The normalized spacial score (nSPS) is 21.5. The molecule has 1 heterocycles. The van der Waals surface area contributed by atoms with Crippen molar-refractivity contribution in [2.24, 2.45) is 0 Å². The Bertz CT molecular complexity index is 448. The lowest BCUT2D eigenvalue weighted by atomic mass is 10.1. The average Bonchev–Trinajstić information content (AvgIpc) is 3.37. The van der Waals surface area contributed by atoms with Gasteiger partial charge in [0.1, 0.15) is 0 Å². The van der Waals surface area contributed by atoms with Gasteiger partial charge in [-0.1, -0.05) is 25.1 Å². The van der Waals surface area contributed by atoms with Crippen LogP contribution in [0, 0.1) is 0 Å². The zero-order chi connectivity index (χ0) is 14.7. The van der Waals surface area contributed by atoms with Gasteiger partial charge in [0.15, 0.2) is 0 Å². The molecule has 0 radical (unpaired) electrons. The van der Waals surface area contributed by atoms with E-state index in [0.717, 1.165) is 31.7 Å². The Kier molecular flexibility index (Phi) is 4.81. The molecule has 2 fully saturated rings. The maximum absolute atomic E-state index is 3.65. The molecule has 1 aromatic carbocycles. The fourth-order valence-corrected chi connectivity index (χ4v) is 3.17. The van der Waals surface area contributed by atoms with Crippen LogP contribution >= 0.6 is 0 Å². The maximum atomic E-state index is 3.65. The first-order valence-corrected chi connectivity index (χ1v) is 8.58. The highest BCUT2D eigenvalue weighted by Gasteiger charge is 2.23. The summed E-state index contributed by atoms with van der Waals surface area (Å²) in [5.74, 6) is 0. The van der Waals surface area contributed by atoms with Crippen molar-refractivity contribution in [2.75, 3.05) is 31.1 Å². The third-order valence-electron chi connectivity index (χ3n) is 5.02. The van der Waals surface area contributed by atoms with Gasteiger partial charge in [0.05, 0.1) is 0 Å². The third-order valence-corrected chi connectivity index (χ3v) is 5.02. The quantitative estimate of drug-likeness (QED) is 0.868. The van der Waals surface area contributed by atoms with Gasteiger partial charge in [-0.25, -0.2) is 0 Å². The summed E-state index contributed by atoms with van der Waals surface area (Å²) in [5, 5.41) is 3.65. The molecule has 1 unspecified atom stereocenters. The van der Waals surface area contributed by atoms with Crippen LogP contribution in [-0.2, 0) is 6.54 Å². The topological polar surface area (TPSA) is 18.5 Å². The number of hydrogen-bond donors (Lipinski definition) is 1. The van der Waals surface area contributed by atoms with Crippen molar-refractivity contribution < 1.29 is 0 Å². The Morgan fingerprint density at radius 3 is 2.52 bits per heavy atom. The zero-order valence-corrected chi connectivity index (χ0v) is 13.5. The molecule has 0 aromatic heterocycles. The Hall–Kier alpha value is -1.06. The van der Waals surface area contributed by atoms with Crippen molar-refractivity contribution in [3.63, 3.8) is 0 Å². The summed E-state index contributed by atoms with van der Waals surface area (Å²) in [7, 11) is 0. The summed E-state index contributed by atoms with van der Waals surface area (Å²) >= 11 is 0. The van der Waals surface area contributed by atoms with Crippen LogP contribution in [0.25, 0.3) is 0 Å². The predicted octanol–water partition coefficient (Wildman–Crippen LogP) is 2.86. The molecule has 0 amide bonds. The highest BCUT2D eigenvalue weighted by molar-refractivity contribution is 5.54. The number of nitrogens with zero attached hydrogens (tertiary/aromatic N) is 2. The number of para-hydroxylation sites is 1. The SMILES string of the molecule is CCC(C)N1CCN(c2ccccc2CNC2CC2)CC1. The van der Waals surface area contributed by atoms with E-state index < -0.39 is 0 Å². The molecule has 3 heteroatoms. The van der Waals surface area contributed by atoms with Crippen LogP contribution in [0.4, 0.5) is 5.69 Å². The van der Waals surface area contributed by atoms with E-state index in [0.29, 0.717) is 0 Å². The van der Waals surface area contributed by atoms with E-state index in [9.17, 15) is 0 Å². The highest BCUT2D eigenvalue weighted by atomic mass is 15.3. The van der Waals surface area contributed by atoms with Crippen molar-refractivity contribution >= 4 is 5.69 Å². The van der Waals surface area contributed by atoms with Gasteiger partial charge in [0, 0.05) is 50.5 Å². The minimum atomic E-state index is 0.721. The number of piperazine rings is 1. The second-order valence-corrected chi connectivity index (χ2v) is 6.56. The van der Waals surface area contributed by atoms with Crippen LogP contribution in [0.1, 0.15) is 38.7 Å². The molecule has 1 saturated carbocycles. The third kappa shape index (κ3) is 3.78. The van der Waals surface area contributed by atoms with Gasteiger partial charge >= 0.3 is 0 Å². The monoisotopic (exact) mass is 287 g/mol. The van der Waals surface area contributed by atoms with Gasteiger partial charge in [-0.05, 0) is 37.8 Å². The summed E-state index contributed by atoms with van der Waals surface area (Å²) in [6.45, 7) is 10.4. The van der Waals surface area contributed by atoms with Gasteiger partial charge in [-0.15, -0.1) is 0 Å². The van der Waals surface area contributed by atoms with Crippen molar-refractivity contribution in [3.05, 3.63) is 29.8 Å². The fourth-order valence-electron chi connectivity index (χ4n) is 3.17. The molecule has 116 valence electrons. The number of rotatable bonds is 6. The van der Waals surface area contributed by atoms with Crippen LogP contribution in [0.2, 0.25) is 0 Å². The lowest BCUT2D eigenvalue weighted by Crippen LogP contribution is -2.49. The minimum Gasteiger partial charge on any atom is -0.369 e. The first kappa shape index (κ1) is 14.9. The second kappa shape index (κ2) is 6.80. The fraction of sp³-hybridized carbons (Fsp3) is 0.667. The molecule has 1 aliphatic heterocycles. The molecule has 2 aliphatic rings. The molecule has 0 spiro atoms. The van der Waals surface area contributed by atoms with Crippen LogP contribution in [0.5, 0.6) is 0 Å². The van der Waals surface area contributed by atoms with Gasteiger partial charge in [0.2, 0.25) is 0 Å². The first-order chi connectivity index (χ1) is 10.3. The van der Waals surface area contributed by atoms with Gasteiger partial charge < -0.3 is 10.2 Å². The van der Waals surface area contributed by atoms with Crippen LogP contribution in [0.15, 0.2) is 24.3 Å². The van der Waals surface area contributed by atoms with E-state index in [1.165, 1.54) is 43.6 Å². The maximum Gasteiger partial charge on any atom is 0.0412 e. The molecule has 1 saturated heterocycles. The van der Waals surface area contributed by atoms with E-state index in [2.05, 4.69) is 53.2 Å². The minimum absolute atomic E-state index is 0.721. The summed E-state index contributed by atoms with van der Waals surface area (Å²) in [4.78, 5) is 5.20. The van der Waals surface area contributed by atoms with Crippen LogP contribution < -0.4 is 10.2 Å². The number of hydrogen-bond acceptors (Lipinski definition) is 3. The van der Waals surface area contributed by atoms with Crippen LogP contribution in [-0.4, -0.2) is 43.2 Å². The summed E-state index contributed by atoms with van der Waals surface area (Å²) in [6, 6.07) is 10.4. The lowest BCUT2D eigenvalue weighted by Gasteiger charge is -2.39. The van der Waals surface area contributed by atoms with Gasteiger partial charge in [-0.3, -0.25) is 4.90 Å². The molecular formula is C18H29N3. The van der Waals surface area contributed by atoms with Gasteiger partial charge in [-0.2, -0.15) is 0 Å². The number of anilines is 1. The van der Waals surface area contributed by atoms with Crippen LogP contribution in [0.3, 0.4) is 0 Å². The number of benzene rings is 1.